The van der Waals surface area contributed by atoms with Crippen molar-refractivity contribution in [1.82, 2.24) is 0 Å². The van der Waals surface area contributed by atoms with E-state index in [0.29, 0.717) is 0 Å². The minimum atomic E-state index is -6.10. The van der Waals surface area contributed by atoms with Crippen LogP contribution in [0.2, 0.25) is 0 Å². The summed E-state index contributed by atoms with van der Waals surface area (Å²) in [6, 6.07) is 0. The van der Waals surface area contributed by atoms with E-state index in [-0.39, 0.29) is 257 Å². The molecular formula is C6H7K5O21S5. The maximum Gasteiger partial charge on any atom is 1.00 e. The van der Waals surface area contributed by atoms with Crippen molar-refractivity contribution in [1.29, 1.82) is 0 Å². The zero-order valence-corrected chi connectivity index (χ0v) is 38.9. The first kappa shape index (κ1) is 54.0. The summed E-state index contributed by atoms with van der Waals surface area (Å²) >= 11 is 0. The van der Waals surface area contributed by atoms with Gasteiger partial charge < -0.3 is 27.5 Å². The van der Waals surface area contributed by atoms with Gasteiger partial charge in [0.25, 0.3) is 0 Å². The van der Waals surface area contributed by atoms with E-state index in [4.69, 9.17) is 0 Å². The fraction of sp³-hybridized carbons (Fsp3) is 1.00. The molecule has 0 aromatic rings. The Hall–Kier alpha value is 7.49. The second-order valence-corrected chi connectivity index (χ2v) is 10.2. The van der Waals surface area contributed by atoms with Crippen LogP contribution in [0.5, 0.6) is 0 Å². The Morgan fingerprint density at radius 3 is 1.14 bits per heavy atom. The molecule has 21 nitrogen and oxygen atoms in total. The van der Waals surface area contributed by atoms with Gasteiger partial charge in [-0.05, 0) is 0 Å². The molecule has 0 radical (unpaired) electrons. The van der Waals surface area contributed by atoms with Crippen molar-refractivity contribution in [2.45, 2.75) is 30.7 Å². The van der Waals surface area contributed by atoms with Crippen molar-refractivity contribution in [2.75, 3.05) is 6.61 Å². The first-order valence-corrected chi connectivity index (χ1v) is 13.4. The first-order valence-electron chi connectivity index (χ1n) is 6.78. The van der Waals surface area contributed by atoms with E-state index in [1.807, 2.05) is 0 Å². The normalized spacial score (nSPS) is 24.6. The Morgan fingerprint density at radius 1 is 0.486 bits per heavy atom. The van der Waals surface area contributed by atoms with Gasteiger partial charge in [-0.2, -0.15) is 0 Å². The van der Waals surface area contributed by atoms with Gasteiger partial charge >= 0.3 is 257 Å². The number of hydrogen-bond acceptors (Lipinski definition) is 21. The Morgan fingerprint density at radius 2 is 0.811 bits per heavy atom. The fourth-order valence-electron chi connectivity index (χ4n) is 2.09. The fourth-order valence-corrected chi connectivity index (χ4v) is 4.25. The van der Waals surface area contributed by atoms with Crippen molar-refractivity contribution >= 4 is 52.0 Å². The van der Waals surface area contributed by atoms with Gasteiger partial charge in [0, 0.05) is 0 Å². The minimum Gasteiger partial charge on any atom is -0.726 e. The molecule has 37 heavy (non-hydrogen) atoms. The van der Waals surface area contributed by atoms with Crippen molar-refractivity contribution in [3.05, 3.63) is 0 Å². The van der Waals surface area contributed by atoms with Crippen LogP contribution in [0.3, 0.4) is 0 Å². The van der Waals surface area contributed by atoms with Gasteiger partial charge in [-0.25, -0.2) is 46.3 Å². The van der Waals surface area contributed by atoms with Crippen molar-refractivity contribution in [2.24, 2.45) is 0 Å². The molecule has 0 saturated carbocycles. The van der Waals surface area contributed by atoms with Crippen LogP contribution in [-0.2, 0) is 77.6 Å². The molecule has 0 bridgehead atoms. The molecule has 0 spiro atoms. The van der Waals surface area contributed by atoms with E-state index in [2.05, 4.69) is 25.7 Å². The number of ether oxygens (including phenoxy) is 1. The summed E-state index contributed by atoms with van der Waals surface area (Å²) in [6.07, 6.45) is -15.1. The average Bonchev–Trinajstić information content (AvgIpc) is 2.45. The quantitative estimate of drug-likeness (QED) is 0.107. The van der Waals surface area contributed by atoms with E-state index in [0.717, 1.165) is 0 Å². The predicted octanol–water partition coefficient (Wildman–Crippen LogP) is -20.8. The zero-order chi connectivity index (χ0) is 25.3. The first-order chi connectivity index (χ1) is 14.0. The van der Waals surface area contributed by atoms with E-state index in [9.17, 15) is 64.9 Å². The summed E-state index contributed by atoms with van der Waals surface area (Å²) in [7, 11) is -29.8. The van der Waals surface area contributed by atoms with Crippen LogP contribution in [0.25, 0.3) is 0 Å². The van der Waals surface area contributed by atoms with Crippen molar-refractivity contribution < 1.29 is 347 Å². The average molecular weight is 771 g/mol. The van der Waals surface area contributed by atoms with Gasteiger partial charge in [-0.3, -0.25) is 16.7 Å². The van der Waals surface area contributed by atoms with Gasteiger partial charge in [0.15, 0.2) is 6.10 Å². The summed E-state index contributed by atoms with van der Waals surface area (Å²) in [4.78, 5) is 0. The van der Waals surface area contributed by atoms with Crippen LogP contribution in [0.4, 0.5) is 0 Å². The Kier molecular flexibility index (Phi) is 32.4. The smallest absolute Gasteiger partial charge is 0.726 e. The van der Waals surface area contributed by atoms with Crippen LogP contribution in [0.1, 0.15) is 0 Å². The second kappa shape index (κ2) is 22.2. The predicted molar refractivity (Wildman–Crippen MR) is 78.8 cm³/mol. The summed E-state index contributed by atoms with van der Waals surface area (Å²) in [5.41, 5.74) is 0. The molecule has 0 aromatic heterocycles. The van der Waals surface area contributed by atoms with E-state index in [1.165, 1.54) is 0 Å². The van der Waals surface area contributed by atoms with Gasteiger partial charge in [0.1, 0.15) is 18.3 Å². The summed E-state index contributed by atoms with van der Waals surface area (Å²) in [6.45, 7) is -1.76. The Labute approximate surface area is 424 Å². The van der Waals surface area contributed by atoms with E-state index < -0.39 is 89.3 Å². The molecule has 0 amide bonds. The molecule has 5 unspecified atom stereocenters. The van der Waals surface area contributed by atoms with Crippen LogP contribution in [0.15, 0.2) is 0 Å². The molecule has 1 heterocycles. The minimum absolute atomic E-state index is 0. The van der Waals surface area contributed by atoms with E-state index >= 15 is 0 Å². The summed E-state index contributed by atoms with van der Waals surface area (Å²) < 4.78 is 185. The molecule has 1 aliphatic rings. The molecule has 1 fully saturated rings. The van der Waals surface area contributed by atoms with Crippen LogP contribution >= 0.6 is 0 Å². The van der Waals surface area contributed by atoms with Gasteiger partial charge in [0.2, 0.25) is 58.3 Å². The largest absolute Gasteiger partial charge is 1.00 e. The Bertz CT molecular complexity index is 1210. The summed E-state index contributed by atoms with van der Waals surface area (Å²) in [5.74, 6) is 0. The standard InChI is InChI=1S/C6H12O21S5.5K/c7-28(8,9)22-1-2-3(24-29(10,11)12)4(25-30(13,14)15)5(26-31(16,17)18)6(23-2)27-32(19,20)21;;;;;/h2-6H,1H2,(H,7,8,9)(H,10,11,12)(H,13,14,15)(H,16,17,18)(H,19,20,21);;;;;/q;5*+1/p-5. The molecule has 1 saturated heterocycles. The third kappa shape index (κ3) is 26.2. The molecule has 1 aliphatic heterocycles. The van der Waals surface area contributed by atoms with Crippen LogP contribution in [0, 0.1) is 0 Å². The molecule has 192 valence electrons. The van der Waals surface area contributed by atoms with Gasteiger partial charge in [-0.15, -0.1) is 0 Å². The maximum absolute atomic E-state index is 11.0. The molecule has 1 rings (SSSR count). The van der Waals surface area contributed by atoms with E-state index in [1.54, 1.807) is 0 Å². The van der Waals surface area contributed by atoms with Crippen LogP contribution < -0.4 is 257 Å². The third-order valence-corrected chi connectivity index (χ3v) is 5.09. The monoisotopic (exact) mass is 770 g/mol. The third-order valence-electron chi connectivity index (χ3n) is 2.87. The van der Waals surface area contributed by atoms with Crippen molar-refractivity contribution in [3.8, 4) is 0 Å². The number of hydrogen-bond donors (Lipinski definition) is 0. The van der Waals surface area contributed by atoms with Crippen LogP contribution in [-0.4, -0.2) is 102 Å². The maximum atomic E-state index is 11.0. The molecule has 0 N–H and O–H groups in total. The molecule has 0 aromatic carbocycles. The second-order valence-electron chi connectivity index (χ2n) is 5.15. The zero-order valence-electron chi connectivity index (χ0n) is 19.2. The molecule has 31 heteroatoms. The Balaban J connectivity index is -0.000000683. The summed E-state index contributed by atoms with van der Waals surface area (Å²) in [5, 5.41) is 0. The van der Waals surface area contributed by atoms with Gasteiger partial charge in [-0.1, -0.05) is 0 Å². The van der Waals surface area contributed by atoms with Gasteiger partial charge in [0.05, 0.1) is 6.61 Å². The topological polar surface area (TPSA) is 341 Å². The SMILES string of the molecule is O=S(=O)([O-])OCC1OC(OS(=O)(=O)[O-])C(OS(=O)(=O)[O-])C(OS(=O)(=O)[O-])C1OS(=O)(=O)[O-].[K+].[K+].[K+].[K+].[K+]. The molecule has 0 aliphatic carbocycles. The molecule has 5 atom stereocenters. The molecular weight excluding hydrogens is 764 g/mol. The number of rotatable bonds is 11. The van der Waals surface area contributed by atoms with Crippen molar-refractivity contribution in [3.63, 3.8) is 0 Å².